The summed E-state index contributed by atoms with van der Waals surface area (Å²) in [5.41, 5.74) is -1.51. The normalized spacial score (nSPS) is 12.0. The topological polar surface area (TPSA) is 66.4 Å². The van der Waals surface area contributed by atoms with E-state index >= 15 is 0 Å². The first-order valence-electron chi connectivity index (χ1n) is 6.23. The van der Waals surface area contributed by atoms with Crippen molar-refractivity contribution in [1.82, 2.24) is 5.32 Å². The Balaban J connectivity index is 2.73. The van der Waals surface area contributed by atoms with E-state index in [2.05, 4.69) is 5.32 Å². The monoisotopic (exact) mass is 303 g/mol. The minimum absolute atomic E-state index is 0.0893. The maximum absolute atomic E-state index is 12.4. The number of benzene rings is 1. The molecule has 0 heterocycles. The van der Waals surface area contributed by atoms with Crippen LogP contribution < -0.4 is 5.32 Å². The highest BCUT2D eigenvalue weighted by Crippen LogP contribution is 2.29. The molecule has 1 amide bonds. The fourth-order valence-electron chi connectivity index (χ4n) is 1.67. The van der Waals surface area contributed by atoms with Gasteiger partial charge in [0, 0.05) is 17.5 Å². The second-order valence-corrected chi connectivity index (χ2v) is 5.31. The Morgan fingerprint density at radius 2 is 1.67 bits per heavy atom. The standard InChI is InChI=1S/C14H16F3NO3/c1-13(2,8-7-11(19)20)18-12(21)9-3-5-10(6-4-9)14(15,16)17/h3-6H,7-8H2,1-2H3,(H,18,21)(H,19,20). The first kappa shape index (κ1) is 17.0. The lowest BCUT2D eigenvalue weighted by atomic mass is 9.97. The number of alkyl halides is 3. The summed E-state index contributed by atoms with van der Waals surface area (Å²) in [6.45, 7) is 3.30. The summed E-state index contributed by atoms with van der Waals surface area (Å²) >= 11 is 0. The largest absolute Gasteiger partial charge is 0.481 e. The van der Waals surface area contributed by atoms with Crippen molar-refractivity contribution in [2.45, 2.75) is 38.4 Å². The predicted octanol–water partition coefficient (Wildman–Crippen LogP) is 3.08. The number of hydrogen-bond donors (Lipinski definition) is 2. The molecule has 0 aliphatic carbocycles. The number of carboxylic acid groups (broad SMARTS) is 1. The maximum atomic E-state index is 12.4. The molecule has 21 heavy (non-hydrogen) atoms. The van der Waals surface area contributed by atoms with Gasteiger partial charge < -0.3 is 10.4 Å². The van der Waals surface area contributed by atoms with E-state index in [0.29, 0.717) is 0 Å². The molecule has 0 bridgehead atoms. The SMILES string of the molecule is CC(C)(CCC(=O)O)NC(=O)c1ccc(C(F)(F)F)cc1. The molecule has 0 fully saturated rings. The van der Waals surface area contributed by atoms with Gasteiger partial charge in [-0.05, 0) is 44.5 Å². The average molecular weight is 303 g/mol. The van der Waals surface area contributed by atoms with E-state index in [9.17, 15) is 22.8 Å². The predicted molar refractivity (Wildman–Crippen MR) is 69.9 cm³/mol. The third-order valence-electron chi connectivity index (χ3n) is 2.89. The van der Waals surface area contributed by atoms with Gasteiger partial charge >= 0.3 is 12.1 Å². The Bertz CT molecular complexity index is 521. The van der Waals surface area contributed by atoms with Crippen molar-refractivity contribution in [2.24, 2.45) is 0 Å². The van der Waals surface area contributed by atoms with Crippen LogP contribution in [0.1, 0.15) is 42.6 Å². The second kappa shape index (κ2) is 6.15. The quantitative estimate of drug-likeness (QED) is 0.878. The molecule has 1 aromatic carbocycles. The maximum Gasteiger partial charge on any atom is 0.416 e. The van der Waals surface area contributed by atoms with E-state index in [1.807, 2.05) is 0 Å². The Morgan fingerprint density at radius 1 is 1.14 bits per heavy atom. The van der Waals surface area contributed by atoms with Gasteiger partial charge in [0.2, 0.25) is 0 Å². The number of aliphatic carboxylic acids is 1. The number of carboxylic acids is 1. The molecule has 0 saturated heterocycles. The van der Waals surface area contributed by atoms with Gasteiger partial charge in [-0.2, -0.15) is 13.2 Å². The van der Waals surface area contributed by atoms with Gasteiger partial charge in [-0.3, -0.25) is 9.59 Å². The van der Waals surface area contributed by atoms with Crippen LogP contribution in [0.4, 0.5) is 13.2 Å². The zero-order chi connectivity index (χ0) is 16.3. The van der Waals surface area contributed by atoms with Crippen molar-refractivity contribution < 1.29 is 27.9 Å². The number of nitrogens with one attached hydrogen (secondary N) is 1. The van der Waals surface area contributed by atoms with Gasteiger partial charge in [0.15, 0.2) is 0 Å². The van der Waals surface area contributed by atoms with Crippen LogP contribution in [-0.4, -0.2) is 22.5 Å². The van der Waals surface area contributed by atoms with Crippen molar-refractivity contribution >= 4 is 11.9 Å². The van der Waals surface area contributed by atoms with Gasteiger partial charge in [0.25, 0.3) is 5.91 Å². The zero-order valence-electron chi connectivity index (χ0n) is 11.6. The molecule has 7 heteroatoms. The summed E-state index contributed by atoms with van der Waals surface area (Å²) in [7, 11) is 0. The van der Waals surface area contributed by atoms with E-state index in [0.717, 1.165) is 24.3 Å². The highest BCUT2D eigenvalue weighted by molar-refractivity contribution is 5.94. The fourth-order valence-corrected chi connectivity index (χ4v) is 1.67. The van der Waals surface area contributed by atoms with E-state index in [4.69, 9.17) is 5.11 Å². The number of carbonyl (C=O) groups is 2. The van der Waals surface area contributed by atoms with Gasteiger partial charge in [-0.1, -0.05) is 0 Å². The third-order valence-corrected chi connectivity index (χ3v) is 2.89. The molecule has 1 aromatic rings. The van der Waals surface area contributed by atoms with Crippen molar-refractivity contribution in [3.05, 3.63) is 35.4 Å². The average Bonchev–Trinajstić information content (AvgIpc) is 2.35. The summed E-state index contributed by atoms with van der Waals surface area (Å²) in [4.78, 5) is 22.4. The van der Waals surface area contributed by atoms with Crippen LogP contribution >= 0.6 is 0 Å². The molecule has 0 aliphatic heterocycles. The van der Waals surface area contributed by atoms with Gasteiger partial charge in [-0.15, -0.1) is 0 Å². The first-order chi connectivity index (χ1) is 9.51. The zero-order valence-corrected chi connectivity index (χ0v) is 11.6. The summed E-state index contributed by atoms with van der Waals surface area (Å²) in [5.74, 6) is -1.52. The fraction of sp³-hybridized carbons (Fsp3) is 0.429. The molecule has 0 saturated carbocycles. The Labute approximate surface area is 120 Å². The number of hydrogen-bond acceptors (Lipinski definition) is 2. The first-order valence-corrected chi connectivity index (χ1v) is 6.23. The Kier molecular flexibility index (Phi) is 4.98. The van der Waals surface area contributed by atoms with Crippen LogP contribution in [0.25, 0.3) is 0 Å². The van der Waals surface area contributed by atoms with Crippen LogP contribution in [0.15, 0.2) is 24.3 Å². The summed E-state index contributed by atoms with van der Waals surface area (Å²) in [6, 6.07) is 3.84. The number of rotatable bonds is 5. The minimum atomic E-state index is -4.45. The molecule has 0 unspecified atom stereocenters. The van der Waals surface area contributed by atoms with E-state index in [-0.39, 0.29) is 18.4 Å². The highest BCUT2D eigenvalue weighted by Gasteiger charge is 2.30. The highest BCUT2D eigenvalue weighted by atomic mass is 19.4. The summed E-state index contributed by atoms with van der Waals surface area (Å²) < 4.78 is 37.2. The summed E-state index contributed by atoms with van der Waals surface area (Å²) in [5, 5.41) is 11.2. The number of carbonyl (C=O) groups excluding carboxylic acids is 1. The Morgan fingerprint density at radius 3 is 2.10 bits per heavy atom. The van der Waals surface area contributed by atoms with Crippen LogP contribution in [0.2, 0.25) is 0 Å². The lowest BCUT2D eigenvalue weighted by molar-refractivity contribution is -0.138. The molecule has 0 spiro atoms. The van der Waals surface area contributed by atoms with E-state index in [1.165, 1.54) is 0 Å². The molecule has 4 nitrogen and oxygen atoms in total. The third kappa shape index (κ3) is 5.45. The molecule has 0 aromatic heterocycles. The van der Waals surface area contributed by atoms with Crippen LogP contribution in [-0.2, 0) is 11.0 Å². The molecule has 0 radical (unpaired) electrons. The van der Waals surface area contributed by atoms with Gasteiger partial charge in [0.1, 0.15) is 0 Å². The lowest BCUT2D eigenvalue weighted by Crippen LogP contribution is -2.43. The molecular formula is C14H16F3NO3. The van der Waals surface area contributed by atoms with Crippen molar-refractivity contribution in [3.63, 3.8) is 0 Å². The number of amides is 1. The van der Waals surface area contributed by atoms with E-state index < -0.39 is 29.2 Å². The van der Waals surface area contributed by atoms with Crippen molar-refractivity contribution in [1.29, 1.82) is 0 Å². The van der Waals surface area contributed by atoms with Gasteiger partial charge in [-0.25, -0.2) is 0 Å². The van der Waals surface area contributed by atoms with E-state index in [1.54, 1.807) is 13.8 Å². The molecule has 1 rings (SSSR count). The molecule has 0 atom stereocenters. The summed E-state index contributed by atoms with van der Waals surface area (Å²) in [6.07, 6.45) is -4.34. The lowest BCUT2D eigenvalue weighted by Gasteiger charge is -2.25. The molecule has 2 N–H and O–H groups in total. The van der Waals surface area contributed by atoms with Crippen LogP contribution in [0.3, 0.4) is 0 Å². The second-order valence-electron chi connectivity index (χ2n) is 5.31. The molecule has 116 valence electrons. The van der Waals surface area contributed by atoms with Gasteiger partial charge in [0.05, 0.1) is 5.56 Å². The molecule has 0 aliphatic rings. The van der Waals surface area contributed by atoms with Crippen LogP contribution in [0.5, 0.6) is 0 Å². The van der Waals surface area contributed by atoms with Crippen molar-refractivity contribution in [3.8, 4) is 0 Å². The number of halogens is 3. The van der Waals surface area contributed by atoms with Crippen LogP contribution in [0, 0.1) is 0 Å². The van der Waals surface area contributed by atoms with Crippen molar-refractivity contribution in [2.75, 3.05) is 0 Å². The smallest absolute Gasteiger partial charge is 0.416 e. The Hall–Kier alpha value is -2.05. The molecular weight excluding hydrogens is 287 g/mol. The minimum Gasteiger partial charge on any atom is -0.481 e.